The summed E-state index contributed by atoms with van der Waals surface area (Å²) in [7, 11) is 2.03. The number of benzene rings is 1. The van der Waals surface area contributed by atoms with Crippen molar-refractivity contribution < 1.29 is 0 Å². The lowest BCUT2D eigenvalue weighted by Crippen LogP contribution is -2.23. The maximum Gasteiger partial charge on any atom is 0.0597 e. The summed E-state index contributed by atoms with van der Waals surface area (Å²) in [5.41, 5.74) is 6.53. The minimum Gasteiger partial charge on any atom is -0.311 e. The Kier molecular flexibility index (Phi) is 4.61. The van der Waals surface area contributed by atoms with Crippen LogP contribution in [0.5, 0.6) is 0 Å². The highest BCUT2D eigenvalue weighted by Crippen LogP contribution is 2.23. The standard InChI is InChI=1S/C17H25N3/c1-6-20-17(10-14(4)19-20)16(18-5)11-15-12(2)8-7-9-13(15)3/h7-10,16,18H,6,11H2,1-5H3. The van der Waals surface area contributed by atoms with Gasteiger partial charge in [0.25, 0.3) is 0 Å². The molecule has 1 atom stereocenters. The maximum atomic E-state index is 4.56. The average Bonchev–Trinajstić information content (AvgIpc) is 2.80. The number of nitrogens with zero attached hydrogens (tertiary/aromatic N) is 2. The molecule has 0 saturated carbocycles. The Morgan fingerprint density at radius 1 is 1.20 bits per heavy atom. The summed E-state index contributed by atoms with van der Waals surface area (Å²) < 4.78 is 2.10. The average molecular weight is 271 g/mol. The Balaban J connectivity index is 2.33. The van der Waals surface area contributed by atoms with E-state index < -0.39 is 0 Å². The minimum absolute atomic E-state index is 0.302. The first-order valence-corrected chi connectivity index (χ1v) is 7.33. The molecule has 0 amide bonds. The van der Waals surface area contributed by atoms with Gasteiger partial charge in [0.1, 0.15) is 0 Å². The van der Waals surface area contributed by atoms with Crippen LogP contribution < -0.4 is 5.32 Å². The lowest BCUT2D eigenvalue weighted by Gasteiger charge is -2.20. The van der Waals surface area contributed by atoms with Gasteiger partial charge in [-0.05, 0) is 63.9 Å². The highest BCUT2D eigenvalue weighted by atomic mass is 15.3. The van der Waals surface area contributed by atoms with Gasteiger partial charge in [0.15, 0.2) is 0 Å². The van der Waals surface area contributed by atoms with Crippen molar-refractivity contribution in [2.24, 2.45) is 0 Å². The van der Waals surface area contributed by atoms with E-state index in [0.29, 0.717) is 6.04 Å². The van der Waals surface area contributed by atoms with Crippen LogP contribution in [0.15, 0.2) is 24.3 Å². The summed E-state index contributed by atoms with van der Waals surface area (Å²) in [6.07, 6.45) is 1.00. The number of rotatable bonds is 5. The second-order valence-electron chi connectivity index (χ2n) is 5.44. The molecule has 108 valence electrons. The third-order valence-corrected chi connectivity index (χ3v) is 3.99. The van der Waals surface area contributed by atoms with E-state index in [1.807, 2.05) is 7.05 Å². The van der Waals surface area contributed by atoms with Crippen molar-refractivity contribution in [2.75, 3.05) is 7.05 Å². The van der Waals surface area contributed by atoms with Crippen LogP contribution in [0.1, 0.15) is 41.0 Å². The van der Waals surface area contributed by atoms with E-state index in [-0.39, 0.29) is 0 Å². The summed E-state index contributed by atoms with van der Waals surface area (Å²) in [5.74, 6) is 0. The van der Waals surface area contributed by atoms with Gasteiger partial charge in [-0.3, -0.25) is 4.68 Å². The fourth-order valence-electron chi connectivity index (χ4n) is 2.83. The zero-order valence-corrected chi connectivity index (χ0v) is 13.2. The van der Waals surface area contributed by atoms with Crippen LogP contribution in [0.25, 0.3) is 0 Å². The monoisotopic (exact) mass is 271 g/mol. The largest absolute Gasteiger partial charge is 0.311 e. The Morgan fingerprint density at radius 3 is 2.40 bits per heavy atom. The smallest absolute Gasteiger partial charge is 0.0597 e. The molecule has 3 heteroatoms. The van der Waals surface area contributed by atoms with Gasteiger partial charge in [-0.25, -0.2) is 0 Å². The molecule has 0 aliphatic carbocycles. The van der Waals surface area contributed by atoms with Crippen LogP contribution in [-0.2, 0) is 13.0 Å². The zero-order valence-electron chi connectivity index (χ0n) is 13.2. The van der Waals surface area contributed by atoms with Crippen molar-refractivity contribution in [3.05, 3.63) is 52.3 Å². The van der Waals surface area contributed by atoms with E-state index in [1.54, 1.807) is 0 Å². The van der Waals surface area contributed by atoms with E-state index in [2.05, 4.69) is 67.1 Å². The molecule has 0 bridgehead atoms. The first-order chi connectivity index (χ1) is 9.56. The third kappa shape index (κ3) is 2.93. The first kappa shape index (κ1) is 14.8. The number of hydrogen-bond acceptors (Lipinski definition) is 2. The Morgan fingerprint density at radius 2 is 1.85 bits per heavy atom. The molecule has 1 aromatic carbocycles. The molecular weight excluding hydrogens is 246 g/mol. The van der Waals surface area contributed by atoms with Crippen molar-refractivity contribution in [1.82, 2.24) is 15.1 Å². The van der Waals surface area contributed by atoms with Crippen LogP contribution in [0.3, 0.4) is 0 Å². The summed E-state index contributed by atoms with van der Waals surface area (Å²) in [5, 5.41) is 8.01. The predicted octanol–water partition coefficient (Wildman–Crippen LogP) is 3.33. The second-order valence-corrected chi connectivity index (χ2v) is 5.44. The third-order valence-electron chi connectivity index (χ3n) is 3.99. The van der Waals surface area contributed by atoms with Crippen LogP contribution in [0.2, 0.25) is 0 Å². The maximum absolute atomic E-state index is 4.56. The van der Waals surface area contributed by atoms with Gasteiger partial charge in [-0.2, -0.15) is 5.10 Å². The van der Waals surface area contributed by atoms with E-state index in [1.165, 1.54) is 22.4 Å². The Bertz CT molecular complexity index is 564. The normalized spacial score (nSPS) is 12.7. The molecule has 0 aliphatic rings. The first-order valence-electron chi connectivity index (χ1n) is 7.33. The van der Waals surface area contributed by atoms with Gasteiger partial charge in [-0.1, -0.05) is 18.2 Å². The van der Waals surface area contributed by atoms with Crippen LogP contribution in [0.4, 0.5) is 0 Å². The predicted molar refractivity (Wildman–Crippen MR) is 84.1 cm³/mol. The van der Waals surface area contributed by atoms with Gasteiger partial charge >= 0.3 is 0 Å². The Hall–Kier alpha value is -1.61. The lowest BCUT2D eigenvalue weighted by molar-refractivity contribution is 0.511. The molecule has 1 aromatic heterocycles. The van der Waals surface area contributed by atoms with E-state index in [4.69, 9.17) is 0 Å². The van der Waals surface area contributed by atoms with Crippen molar-refractivity contribution >= 4 is 0 Å². The topological polar surface area (TPSA) is 29.9 Å². The lowest BCUT2D eigenvalue weighted by atomic mass is 9.95. The molecule has 3 nitrogen and oxygen atoms in total. The quantitative estimate of drug-likeness (QED) is 0.904. The van der Waals surface area contributed by atoms with Crippen molar-refractivity contribution in [3.63, 3.8) is 0 Å². The van der Waals surface area contributed by atoms with Crippen molar-refractivity contribution in [3.8, 4) is 0 Å². The van der Waals surface area contributed by atoms with E-state index >= 15 is 0 Å². The number of hydrogen-bond donors (Lipinski definition) is 1. The highest BCUT2D eigenvalue weighted by molar-refractivity contribution is 5.35. The van der Waals surface area contributed by atoms with Gasteiger partial charge in [-0.15, -0.1) is 0 Å². The van der Waals surface area contributed by atoms with Crippen molar-refractivity contribution in [2.45, 2.75) is 46.7 Å². The van der Waals surface area contributed by atoms with Gasteiger partial charge in [0, 0.05) is 6.54 Å². The molecule has 0 aliphatic heterocycles. The number of aryl methyl sites for hydroxylation is 4. The minimum atomic E-state index is 0.302. The van der Waals surface area contributed by atoms with E-state index in [0.717, 1.165) is 18.7 Å². The molecular formula is C17H25N3. The molecule has 2 rings (SSSR count). The van der Waals surface area contributed by atoms with E-state index in [9.17, 15) is 0 Å². The summed E-state index contributed by atoms with van der Waals surface area (Å²) in [4.78, 5) is 0. The number of nitrogens with one attached hydrogen (secondary N) is 1. The molecule has 2 aromatic rings. The zero-order chi connectivity index (χ0) is 14.7. The molecule has 1 N–H and O–H groups in total. The van der Waals surface area contributed by atoms with Gasteiger partial charge < -0.3 is 5.32 Å². The fourth-order valence-corrected chi connectivity index (χ4v) is 2.83. The SMILES string of the molecule is CCn1nc(C)cc1C(Cc1c(C)cccc1C)NC. The fraction of sp³-hybridized carbons (Fsp3) is 0.471. The summed E-state index contributed by atoms with van der Waals surface area (Å²) >= 11 is 0. The molecule has 1 unspecified atom stereocenters. The summed E-state index contributed by atoms with van der Waals surface area (Å²) in [6, 6.07) is 9.01. The Labute approximate surface area is 122 Å². The highest BCUT2D eigenvalue weighted by Gasteiger charge is 2.17. The molecule has 0 fully saturated rings. The molecule has 0 saturated heterocycles. The van der Waals surface area contributed by atoms with Gasteiger partial charge in [0.2, 0.25) is 0 Å². The second kappa shape index (κ2) is 6.23. The van der Waals surface area contributed by atoms with Crippen LogP contribution in [-0.4, -0.2) is 16.8 Å². The van der Waals surface area contributed by atoms with Crippen molar-refractivity contribution in [1.29, 1.82) is 0 Å². The van der Waals surface area contributed by atoms with Crippen LogP contribution >= 0.6 is 0 Å². The number of aromatic nitrogens is 2. The molecule has 20 heavy (non-hydrogen) atoms. The van der Waals surface area contributed by atoms with Gasteiger partial charge in [0.05, 0.1) is 17.4 Å². The molecule has 0 radical (unpaired) electrons. The molecule has 0 spiro atoms. The van der Waals surface area contributed by atoms with Crippen LogP contribution in [0, 0.1) is 20.8 Å². The molecule has 1 heterocycles. The number of likely N-dealkylation sites (N-methyl/N-ethyl adjacent to an activating group) is 1. The summed E-state index contributed by atoms with van der Waals surface area (Å²) in [6.45, 7) is 9.49.